The molecule has 0 radical (unpaired) electrons. The number of ether oxygens (including phenoxy) is 4. The van der Waals surface area contributed by atoms with Crippen LogP contribution in [-0.4, -0.2) is 45.6 Å². The minimum Gasteiger partial charge on any atom is -0.493 e. The maximum Gasteiger partial charge on any atom is 0.338 e. The number of esters is 1. The van der Waals surface area contributed by atoms with E-state index in [9.17, 15) is 4.79 Å². The molecule has 1 aromatic carbocycles. The Morgan fingerprint density at radius 2 is 1.96 bits per heavy atom. The number of carbonyl (C=O) groups excluding carboxylic acids is 1. The first-order valence-corrected chi connectivity index (χ1v) is 8.09. The van der Waals surface area contributed by atoms with Crippen LogP contribution in [-0.2, 0) is 14.3 Å². The summed E-state index contributed by atoms with van der Waals surface area (Å²) in [5.74, 6) is 0.644. The van der Waals surface area contributed by atoms with E-state index in [0.29, 0.717) is 34.5 Å². The molecule has 1 heterocycles. The molecule has 0 saturated carbocycles. The van der Waals surface area contributed by atoms with Gasteiger partial charge in [0.25, 0.3) is 0 Å². The number of allylic oxidation sites excluding steroid dienone is 1. The van der Waals surface area contributed by atoms with Gasteiger partial charge in [0.15, 0.2) is 16.6 Å². The van der Waals surface area contributed by atoms with Gasteiger partial charge in [-0.25, -0.2) is 4.79 Å². The van der Waals surface area contributed by atoms with E-state index in [0.717, 1.165) is 5.56 Å². The second-order valence-corrected chi connectivity index (χ2v) is 5.69. The third-order valence-corrected chi connectivity index (χ3v) is 3.97. The number of carbonyl (C=O) groups is 1. The molecule has 1 atom stereocenters. The largest absolute Gasteiger partial charge is 0.493 e. The van der Waals surface area contributed by atoms with Crippen LogP contribution in [0.5, 0.6) is 11.5 Å². The summed E-state index contributed by atoms with van der Waals surface area (Å²) >= 11 is 5.25. The molecular formula is C17H22N2O5S. The predicted molar refractivity (Wildman–Crippen MR) is 96.7 cm³/mol. The maximum absolute atomic E-state index is 12.6. The van der Waals surface area contributed by atoms with Crippen LogP contribution in [0.25, 0.3) is 0 Å². The van der Waals surface area contributed by atoms with Crippen LogP contribution in [0, 0.1) is 0 Å². The Bertz CT molecular complexity index is 690. The van der Waals surface area contributed by atoms with Gasteiger partial charge in [-0.2, -0.15) is 0 Å². The average molecular weight is 366 g/mol. The fraction of sp³-hybridized carbons (Fsp3) is 0.412. The Kier molecular flexibility index (Phi) is 6.60. The monoisotopic (exact) mass is 366 g/mol. The summed E-state index contributed by atoms with van der Waals surface area (Å²) in [4.78, 5) is 12.6. The Balaban J connectivity index is 2.44. The number of para-hydroxylation sites is 1. The summed E-state index contributed by atoms with van der Waals surface area (Å²) in [5.41, 5.74) is 1.78. The number of nitrogens with one attached hydrogen (secondary N) is 2. The van der Waals surface area contributed by atoms with Gasteiger partial charge < -0.3 is 29.6 Å². The number of methoxy groups -OCH3 is 3. The molecule has 0 aromatic heterocycles. The number of rotatable bonds is 7. The SMILES string of the molecule is COCCOC(=O)C1=C(C)NC(=S)N[C@@H]1c1cccc(OC)c1OC. The molecule has 136 valence electrons. The highest BCUT2D eigenvalue weighted by Gasteiger charge is 2.33. The van der Waals surface area contributed by atoms with Gasteiger partial charge in [-0.1, -0.05) is 12.1 Å². The van der Waals surface area contributed by atoms with E-state index in [-0.39, 0.29) is 6.61 Å². The Hall–Kier alpha value is -2.32. The standard InChI is InChI=1S/C17H22N2O5S/c1-10-13(16(20)24-9-8-21-2)14(19-17(25)18-10)11-6-5-7-12(22-3)15(11)23-4/h5-7,14H,8-9H2,1-4H3,(H2,18,19,25)/t14-/m1/s1. The van der Waals surface area contributed by atoms with Gasteiger partial charge in [-0.15, -0.1) is 0 Å². The van der Waals surface area contributed by atoms with E-state index < -0.39 is 12.0 Å². The van der Waals surface area contributed by atoms with Crippen molar-refractivity contribution >= 4 is 23.3 Å². The van der Waals surface area contributed by atoms with Gasteiger partial charge in [-0.05, 0) is 25.2 Å². The van der Waals surface area contributed by atoms with Crippen molar-refractivity contribution in [1.29, 1.82) is 0 Å². The molecule has 0 unspecified atom stereocenters. The van der Waals surface area contributed by atoms with Crippen LogP contribution < -0.4 is 20.1 Å². The second kappa shape index (κ2) is 8.68. The molecule has 0 spiro atoms. The summed E-state index contributed by atoms with van der Waals surface area (Å²) in [6, 6.07) is 4.94. The first kappa shape index (κ1) is 19.0. The first-order chi connectivity index (χ1) is 12.0. The smallest absolute Gasteiger partial charge is 0.338 e. The first-order valence-electron chi connectivity index (χ1n) is 7.68. The molecule has 1 aromatic rings. The molecule has 8 heteroatoms. The zero-order valence-electron chi connectivity index (χ0n) is 14.7. The molecule has 2 rings (SSSR count). The zero-order chi connectivity index (χ0) is 18.4. The average Bonchev–Trinajstić information content (AvgIpc) is 2.60. The highest BCUT2D eigenvalue weighted by Crippen LogP contribution is 2.38. The molecule has 0 amide bonds. The highest BCUT2D eigenvalue weighted by atomic mass is 32.1. The van der Waals surface area contributed by atoms with Crippen LogP contribution in [0.1, 0.15) is 18.5 Å². The van der Waals surface area contributed by atoms with Crippen LogP contribution in [0.3, 0.4) is 0 Å². The van der Waals surface area contributed by atoms with Gasteiger partial charge >= 0.3 is 5.97 Å². The van der Waals surface area contributed by atoms with Gasteiger partial charge in [0.1, 0.15) is 6.61 Å². The molecule has 0 saturated heterocycles. The van der Waals surface area contributed by atoms with E-state index in [4.69, 9.17) is 31.2 Å². The van der Waals surface area contributed by atoms with Crippen molar-refractivity contribution in [2.75, 3.05) is 34.5 Å². The Morgan fingerprint density at radius 3 is 2.60 bits per heavy atom. The van der Waals surface area contributed by atoms with E-state index >= 15 is 0 Å². The van der Waals surface area contributed by atoms with E-state index in [2.05, 4.69) is 10.6 Å². The van der Waals surface area contributed by atoms with Crippen LogP contribution in [0.2, 0.25) is 0 Å². The zero-order valence-corrected chi connectivity index (χ0v) is 15.5. The van der Waals surface area contributed by atoms with Crippen molar-refractivity contribution in [3.05, 3.63) is 35.0 Å². The summed E-state index contributed by atoms with van der Waals surface area (Å²) in [6.07, 6.45) is 0. The van der Waals surface area contributed by atoms with E-state index in [1.807, 2.05) is 12.1 Å². The summed E-state index contributed by atoms with van der Waals surface area (Å²) in [6.45, 7) is 2.27. The van der Waals surface area contributed by atoms with Crippen molar-refractivity contribution in [2.45, 2.75) is 13.0 Å². The summed E-state index contributed by atoms with van der Waals surface area (Å²) < 4.78 is 21.1. The summed E-state index contributed by atoms with van der Waals surface area (Å²) in [5, 5.41) is 6.49. The minimum atomic E-state index is -0.520. The minimum absolute atomic E-state index is 0.165. The van der Waals surface area contributed by atoms with Crippen molar-refractivity contribution in [2.24, 2.45) is 0 Å². The summed E-state index contributed by atoms with van der Waals surface area (Å²) in [7, 11) is 4.65. The highest BCUT2D eigenvalue weighted by molar-refractivity contribution is 7.80. The van der Waals surface area contributed by atoms with Crippen LogP contribution in [0.15, 0.2) is 29.5 Å². The number of hydrogen-bond donors (Lipinski definition) is 2. The quantitative estimate of drug-likeness (QED) is 0.429. The second-order valence-electron chi connectivity index (χ2n) is 5.28. The van der Waals surface area contributed by atoms with Crippen molar-refractivity contribution in [3.63, 3.8) is 0 Å². The number of hydrogen-bond acceptors (Lipinski definition) is 6. The van der Waals surface area contributed by atoms with Crippen molar-refractivity contribution in [3.8, 4) is 11.5 Å². The van der Waals surface area contributed by atoms with Gasteiger partial charge in [0, 0.05) is 18.4 Å². The number of benzene rings is 1. The number of thiocarbonyl (C=S) groups is 1. The third-order valence-electron chi connectivity index (χ3n) is 3.75. The third kappa shape index (κ3) is 4.21. The molecular weight excluding hydrogens is 344 g/mol. The molecule has 0 bridgehead atoms. The lowest BCUT2D eigenvalue weighted by molar-refractivity contribution is -0.140. The topological polar surface area (TPSA) is 78.1 Å². The fourth-order valence-electron chi connectivity index (χ4n) is 2.63. The molecule has 7 nitrogen and oxygen atoms in total. The molecule has 2 N–H and O–H groups in total. The van der Waals surface area contributed by atoms with Gasteiger partial charge in [-0.3, -0.25) is 0 Å². The van der Waals surface area contributed by atoms with E-state index in [1.54, 1.807) is 34.3 Å². The predicted octanol–water partition coefficient (Wildman–Crippen LogP) is 1.69. The van der Waals surface area contributed by atoms with E-state index in [1.165, 1.54) is 0 Å². The van der Waals surface area contributed by atoms with Crippen LogP contribution >= 0.6 is 12.2 Å². The van der Waals surface area contributed by atoms with Crippen molar-refractivity contribution in [1.82, 2.24) is 10.6 Å². The van der Waals surface area contributed by atoms with Crippen LogP contribution in [0.4, 0.5) is 0 Å². The molecule has 25 heavy (non-hydrogen) atoms. The Morgan fingerprint density at radius 1 is 1.20 bits per heavy atom. The Labute approximate surface area is 152 Å². The molecule has 0 aliphatic carbocycles. The molecule has 1 aliphatic heterocycles. The van der Waals surface area contributed by atoms with Gasteiger partial charge in [0.2, 0.25) is 0 Å². The lowest BCUT2D eigenvalue weighted by Gasteiger charge is -2.31. The fourth-order valence-corrected chi connectivity index (χ4v) is 2.90. The normalized spacial score (nSPS) is 16.8. The molecule has 0 fully saturated rings. The maximum atomic E-state index is 12.6. The van der Waals surface area contributed by atoms with Crippen molar-refractivity contribution < 1.29 is 23.7 Å². The van der Waals surface area contributed by atoms with Gasteiger partial charge in [0.05, 0.1) is 32.4 Å². The lowest BCUT2D eigenvalue weighted by atomic mass is 9.94. The molecule has 1 aliphatic rings. The lowest BCUT2D eigenvalue weighted by Crippen LogP contribution is -2.45.